The average Bonchev–Trinajstić information content (AvgIpc) is 2.09. The van der Waals surface area contributed by atoms with Crippen LogP contribution in [0, 0.1) is 0 Å². The lowest BCUT2D eigenvalue weighted by Crippen LogP contribution is -2.13. The highest BCUT2D eigenvalue weighted by Gasteiger charge is 1.91. The minimum absolute atomic E-state index is 0.942. The minimum atomic E-state index is 0.942. The Morgan fingerprint density at radius 1 is 0.923 bits per heavy atom. The summed E-state index contributed by atoms with van der Waals surface area (Å²) in [5, 5.41) is 0. The quantitative estimate of drug-likeness (QED) is 0.514. The van der Waals surface area contributed by atoms with Gasteiger partial charge in [-0.3, -0.25) is 0 Å². The van der Waals surface area contributed by atoms with Crippen molar-refractivity contribution in [1.82, 2.24) is 4.90 Å². The van der Waals surface area contributed by atoms with Gasteiger partial charge in [-0.05, 0) is 39.9 Å². The van der Waals surface area contributed by atoms with Crippen LogP contribution < -0.4 is 0 Å². The van der Waals surface area contributed by atoms with Crippen molar-refractivity contribution in [2.24, 2.45) is 0 Å². The number of rotatable bonds is 9. The van der Waals surface area contributed by atoms with E-state index in [4.69, 9.17) is 4.74 Å². The zero-order valence-corrected chi connectivity index (χ0v) is 9.51. The molecule has 0 heterocycles. The molecule has 2 heteroatoms. The fourth-order valence-electron chi connectivity index (χ4n) is 1.19. The summed E-state index contributed by atoms with van der Waals surface area (Å²) in [7, 11) is 4.23. The molecule has 0 aromatic carbocycles. The third-order valence-electron chi connectivity index (χ3n) is 2.04. The first-order valence-electron chi connectivity index (χ1n) is 5.50. The van der Waals surface area contributed by atoms with Crippen LogP contribution in [-0.2, 0) is 4.74 Å². The van der Waals surface area contributed by atoms with Crippen LogP contribution >= 0.6 is 0 Å². The molecule has 0 radical (unpaired) electrons. The lowest BCUT2D eigenvalue weighted by Gasteiger charge is -2.08. The van der Waals surface area contributed by atoms with Crippen LogP contribution in [0.5, 0.6) is 0 Å². The van der Waals surface area contributed by atoms with Gasteiger partial charge in [0, 0.05) is 13.2 Å². The highest BCUT2D eigenvalue weighted by atomic mass is 16.5. The van der Waals surface area contributed by atoms with Gasteiger partial charge in [-0.1, -0.05) is 19.8 Å². The first-order valence-corrected chi connectivity index (χ1v) is 5.50. The van der Waals surface area contributed by atoms with Gasteiger partial charge in [0.05, 0.1) is 0 Å². The van der Waals surface area contributed by atoms with Crippen molar-refractivity contribution >= 4 is 0 Å². The first-order chi connectivity index (χ1) is 6.27. The Morgan fingerprint density at radius 3 is 2.08 bits per heavy atom. The maximum Gasteiger partial charge on any atom is 0.0466 e. The zero-order chi connectivity index (χ0) is 9.94. The summed E-state index contributed by atoms with van der Waals surface area (Å²) in [5.74, 6) is 0. The van der Waals surface area contributed by atoms with Crippen molar-refractivity contribution in [3.8, 4) is 0 Å². The predicted molar refractivity (Wildman–Crippen MR) is 58.1 cm³/mol. The minimum Gasteiger partial charge on any atom is -0.381 e. The van der Waals surface area contributed by atoms with Crippen molar-refractivity contribution in [1.29, 1.82) is 0 Å². The molecule has 0 aromatic rings. The molecule has 0 amide bonds. The second kappa shape index (κ2) is 10.0. The molecule has 0 spiro atoms. The number of ether oxygens (including phenoxy) is 1. The van der Waals surface area contributed by atoms with Gasteiger partial charge in [0.15, 0.2) is 0 Å². The monoisotopic (exact) mass is 187 g/mol. The van der Waals surface area contributed by atoms with E-state index >= 15 is 0 Å². The standard InChI is InChI=1S/C11H25NO/c1-4-5-7-10-13-11-8-6-9-12(2)3/h4-11H2,1-3H3. The molecule has 0 N–H and O–H groups in total. The van der Waals surface area contributed by atoms with Crippen molar-refractivity contribution in [2.45, 2.75) is 39.0 Å². The van der Waals surface area contributed by atoms with Crippen LogP contribution in [0.3, 0.4) is 0 Å². The molecule has 0 aliphatic carbocycles. The van der Waals surface area contributed by atoms with Gasteiger partial charge in [0.2, 0.25) is 0 Å². The normalized spacial score (nSPS) is 11.1. The topological polar surface area (TPSA) is 12.5 Å². The maximum absolute atomic E-state index is 5.50. The number of hydrogen-bond donors (Lipinski definition) is 0. The molecular weight excluding hydrogens is 162 g/mol. The summed E-state index contributed by atoms with van der Waals surface area (Å²) in [4.78, 5) is 2.22. The molecular formula is C11H25NO. The van der Waals surface area contributed by atoms with E-state index in [-0.39, 0.29) is 0 Å². The van der Waals surface area contributed by atoms with Gasteiger partial charge in [0.25, 0.3) is 0 Å². The second-order valence-corrected chi connectivity index (χ2v) is 3.83. The van der Waals surface area contributed by atoms with E-state index in [0.717, 1.165) is 13.2 Å². The molecule has 0 saturated carbocycles. The van der Waals surface area contributed by atoms with Crippen molar-refractivity contribution < 1.29 is 4.74 Å². The molecule has 0 rings (SSSR count). The fourth-order valence-corrected chi connectivity index (χ4v) is 1.19. The van der Waals surface area contributed by atoms with E-state index in [0.29, 0.717) is 0 Å². The van der Waals surface area contributed by atoms with Gasteiger partial charge in [0.1, 0.15) is 0 Å². The molecule has 0 atom stereocenters. The molecule has 13 heavy (non-hydrogen) atoms. The smallest absolute Gasteiger partial charge is 0.0466 e. The third-order valence-corrected chi connectivity index (χ3v) is 2.04. The Kier molecular flexibility index (Phi) is 9.94. The molecule has 0 aliphatic rings. The Labute approximate surface area is 83.3 Å². The van der Waals surface area contributed by atoms with Crippen LogP contribution in [-0.4, -0.2) is 38.8 Å². The highest BCUT2D eigenvalue weighted by molar-refractivity contribution is 4.44. The summed E-state index contributed by atoms with van der Waals surface area (Å²) in [6, 6.07) is 0. The molecule has 0 unspecified atom stereocenters. The van der Waals surface area contributed by atoms with Crippen molar-refractivity contribution in [3.63, 3.8) is 0 Å². The molecule has 0 saturated heterocycles. The van der Waals surface area contributed by atoms with E-state index in [1.807, 2.05) is 0 Å². The average molecular weight is 187 g/mol. The van der Waals surface area contributed by atoms with E-state index in [9.17, 15) is 0 Å². The SMILES string of the molecule is CCCCCOCCCCN(C)C. The second-order valence-electron chi connectivity index (χ2n) is 3.83. The van der Waals surface area contributed by atoms with E-state index in [1.165, 1.54) is 38.6 Å². The lowest BCUT2D eigenvalue weighted by atomic mass is 10.3. The summed E-state index contributed by atoms with van der Waals surface area (Å²) in [6.45, 7) is 5.29. The Balaban J connectivity index is 2.84. The van der Waals surface area contributed by atoms with Gasteiger partial charge in [-0.25, -0.2) is 0 Å². The van der Waals surface area contributed by atoms with E-state index < -0.39 is 0 Å². The zero-order valence-electron chi connectivity index (χ0n) is 9.51. The van der Waals surface area contributed by atoms with Crippen LogP contribution in [0.4, 0.5) is 0 Å². The predicted octanol–water partition coefficient (Wildman–Crippen LogP) is 2.54. The number of hydrogen-bond acceptors (Lipinski definition) is 2. The third kappa shape index (κ3) is 11.9. The van der Waals surface area contributed by atoms with Crippen molar-refractivity contribution in [2.75, 3.05) is 33.9 Å². The molecule has 0 fully saturated rings. The van der Waals surface area contributed by atoms with Crippen LogP contribution in [0.15, 0.2) is 0 Å². The van der Waals surface area contributed by atoms with E-state index in [1.54, 1.807) is 0 Å². The van der Waals surface area contributed by atoms with Crippen molar-refractivity contribution in [3.05, 3.63) is 0 Å². The number of nitrogens with zero attached hydrogens (tertiary/aromatic N) is 1. The molecule has 2 nitrogen and oxygen atoms in total. The summed E-state index contributed by atoms with van der Waals surface area (Å²) < 4.78 is 5.50. The van der Waals surface area contributed by atoms with E-state index in [2.05, 4.69) is 25.9 Å². The Hall–Kier alpha value is -0.0800. The lowest BCUT2D eigenvalue weighted by molar-refractivity contribution is 0.125. The van der Waals surface area contributed by atoms with Crippen LogP contribution in [0.2, 0.25) is 0 Å². The highest BCUT2D eigenvalue weighted by Crippen LogP contribution is 1.96. The fraction of sp³-hybridized carbons (Fsp3) is 1.00. The number of unbranched alkanes of at least 4 members (excludes halogenated alkanes) is 3. The summed E-state index contributed by atoms with van der Waals surface area (Å²) in [5.41, 5.74) is 0. The Morgan fingerprint density at radius 2 is 1.54 bits per heavy atom. The first kappa shape index (κ1) is 12.9. The summed E-state index contributed by atoms with van der Waals surface area (Å²) >= 11 is 0. The van der Waals surface area contributed by atoms with Gasteiger partial charge in [-0.15, -0.1) is 0 Å². The van der Waals surface area contributed by atoms with Crippen LogP contribution in [0.1, 0.15) is 39.0 Å². The summed E-state index contributed by atoms with van der Waals surface area (Å²) in [6.07, 6.45) is 6.26. The van der Waals surface area contributed by atoms with Crippen LogP contribution in [0.25, 0.3) is 0 Å². The molecule has 0 bridgehead atoms. The van der Waals surface area contributed by atoms with Gasteiger partial charge in [-0.2, -0.15) is 0 Å². The largest absolute Gasteiger partial charge is 0.381 e. The Bertz CT molecular complexity index is 94.1. The molecule has 0 aliphatic heterocycles. The molecule has 80 valence electrons. The van der Waals surface area contributed by atoms with Gasteiger partial charge < -0.3 is 9.64 Å². The maximum atomic E-state index is 5.50. The van der Waals surface area contributed by atoms with Gasteiger partial charge >= 0.3 is 0 Å². The molecule has 0 aromatic heterocycles.